The predicted molar refractivity (Wildman–Crippen MR) is 121 cm³/mol. The van der Waals surface area contributed by atoms with Crippen LogP contribution in [0.4, 0.5) is 0 Å². The van der Waals surface area contributed by atoms with Crippen LogP contribution in [0.2, 0.25) is 0 Å². The molecule has 0 aliphatic heterocycles. The van der Waals surface area contributed by atoms with Gasteiger partial charge in [0, 0.05) is 37.4 Å². The number of hydrogen-bond donors (Lipinski definition) is 2. The lowest BCUT2D eigenvalue weighted by molar-refractivity contribution is 0.244. The minimum Gasteiger partial charge on any atom is -0.356 e. The van der Waals surface area contributed by atoms with Crippen LogP contribution >= 0.6 is 0 Å². The summed E-state index contributed by atoms with van der Waals surface area (Å²) in [5.74, 6) is 1.65. The molecule has 2 aromatic heterocycles. The molecule has 6 heteroatoms. The van der Waals surface area contributed by atoms with Gasteiger partial charge in [-0.2, -0.15) is 5.10 Å². The van der Waals surface area contributed by atoms with E-state index in [0.717, 1.165) is 35.3 Å². The number of nitrogens with zero attached hydrogens (tertiary/aromatic N) is 4. The normalized spacial score (nSPS) is 15.5. The van der Waals surface area contributed by atoms with Gasteiger partial charge in [-0.15, -0.1) is 0 Å². The van der Waals surface area contributed by atoms with E-state index in [1.165, 1.54) is 24.8 Å². The Morgan fingerprint density at radius 1 is 1.10 bits per heavy atom. The summed E-state index contributed by atoms with van der Waals surface area (Å²) in [5, 5.41) is 11.4. The lowest BCUT2D eigenvalue weighted by atomic mass is 9.64. The summed E-state index contributed by atoms with van der Waals surface area (Å²) < 4.78 is 1.87. The number of nitrogens with one attached hydrogen (secondary N) is 2. The summed E-state index contributed by atoms with van der Waals surface area (Å²) in [6, 6.07) is 17.0. The van der Waals surface area contributed by atoms with Gasteiger partial charge < -0.3 is 10.6 Å². The fraction of sp³-hybridized carbons (Fsp3) is 0.375. The SMILES string of the molecule is CN=C(NCc1ccc(-n2nc(C)cc2C)nc1)NCC1(c2ccccc2)CCC1. The fourth-order valence-electron chi connectivity index (χ4n) is 4.13. The largest absolute Gasteiger partial charge is 0.356 e. The summed E-state index contributed by atoms with van der Waals surface area (Å²) in [5.41, 5.74) is 4.82. The molecule has 30 heavy (non-hydrogen) atoms. The molecule has 2 heterocycles. The van der Waals surface area contributed by atoms with Crippen LogP contribution in [0.5, 0.6) is 0 Å². The standard InChI is InChI=1S/C24H30N6/c1-18-14-19(2)30(29-18)22-11-10-20(15-26-22)16-27-23(25-3)28-17-24(12-7-13-24)21-8-5-4-6-9-21/h4-6,8-11,14-15H,7,12-13,16-17H2,1-3H3,(H2,25,27,28). The Morgan fingerprint density at radius 2 is 1.90 bits per heavy atom. The van der Waals surface area contributed by atoms with Crippen molar-refractivity contribution in [2.75, 3.05) is 13.6 Å². The summed E-state index contributed by atoms with van der Waals surface area (Å²) in [7, 11) is 1.81. The first-order valence-electron chi connectivity index (χ1n) is 10.6. The minimum atomic E-state index is 0.224. The zero-order chi connectivity index (χ0) is 21.0. The molecule has 2 N–H and O–H groups in total. The predicted octanol–water partition coefficient (Wildman–Crippen LogP) is 3.67. The number of aliphatic imine (C=N–C) groups is 1. The first-order chi connectivity index (χ1) is 14.6. The van der Waals surface area contributed by atoms with Crippen LogP contribution in [0, 0.1) is 13.8 Å². The monoisotopic (exact) mass is 402 g/mol. The molecule has 1 fully saturated rings. The van der Waals surface area contributed by atoms with Gasteiger partial charge in [-0.3, -0.25) is 4.99 Å². The van der Waals surface area contributed by atoms with E-state index in [0.29, 0.717) is 6.54 Å². The first-order valence-corrected chi connectivity index (χ1v) is 10.6. The van der Waals surface area contributed by atoms with Gasteiger partial charge in [-0.25, -0.2) is 9.67 Å². The van der Waals surface area contributed by atoms with Crippen molar-refractivity contribution in [1.82, 2.24) is 25.4 Å². The smallest absolute Gasteiger partial charge is 0.191 e. The second kappa shape index (κ2) is 8.69. The number of rotatable bonds is 6. The van der Waals surface area contributed by atoms with Crippen molar-refractivity contribution < 1.29 is 0 Å². The Bertz CT molecular complexity index is 1000. The molecule has 4 rings (SSSR count). The molecular formula is C24H30N6. The molecule has 0 amide bonds. The van der Waals surface area contributed by atoms with Crippen LogP contribution in [0.25, 0.3) is 5.82 Å². The highest BCUT2D eigenvalue weighted by molar-refractivity contribution is 5.79. The Labute approximate surface area is 178 Å². The summed E-state index contributed by atoms with van der Waals surface area (Å²) in [4.78, 5) is 8.97. The molecule has 1 aliphatic rings. The van der Waals surface area contributed by atoms with E-state index in [1.54, 1.807) is 0 Å². The average Bonchev–Trinajstić information content (AvgIpc) is 3.08. The zero-order valence-corrected chi connectivity index (χ0v) is 18.0. The van der Waals surface area contributed by atoms with Crippen LogP contribution in [0.15, 0.2) is 59.7 Å². The Balaban J connectivity index is 1.34. The zero-order valence-electron chi connectivity index (χ0n) is 18.0. The third-order valence-electron chi connectivity index (χ3n) is 6.01. The molecular weight excluding hydrogens is 372 g/mol. The molecule has 1 aromatic carbocycles. The topological polar surface area (TPSA) is 67.1 Å². The lowest BCUT2D eigenvalue weighted by Crippen LogP contribution is -2.48. The maximum atomic E-state index is 4.57. The van der Waals surface area contributed by atoms with Crippen LogP contribution in [-0.4, -0.2) is 34.3 Å². The molecule has 156 valence electrons. The maximum Gasteiger partial charge on any atom is 0.191 e. The highest BCUT2D eigenvalue weighted by Crippen LogP contribution is 2.43. The second-order valence-electron chi connectivity index (χ2n) is 8.14. The van der Waals surface area contributed by atoms with E-state index in [9.17, 15) is 0 Å². The van der Waals surface area contributed by atoms with Gasteiger partial charge in [0.05, 0.1) is 5.69 Å². The van der Waals surface area contributed by atoms with Crippen molar-refractivity contribution in [1.29, 1.82) is 0 Å². The number of guanidine groups is 1. The molecule has 1 saturated carbocycles. The van der Waals surface area contributed by atoms with E-state index < -0.39 is 0 Å². The van der Waals surface area contributed by atoms with Crippen molar-refractivity contribution >= 4 is 5.96 Å². The molecule has 3 aromatic rings. The Morgan fingerprint density at radius 3 is 2.47 bits per heavy atom. The minimum absolute atomic E-state index is 0.224. The van der Waals surface area contributed by atoms with E-state index in [2.05, 4.69) is 68.2 Å². The second-order valence-corrected chi connectivity index (χ2v) is 8.14. The van der Waals surface area contributed by atoms with Gasteiger partial charge in [0.25, 0.3) is 0 Å². The van der Waals surface area contributed by atoms with Crippen LogP contribution in [-0.2, 0) is 12.0 Å². The molecule has 0 spiro atoms. The number of hydrogen-bond acceptors (Lipinski definition) is 3. The van der Waals surface area contributed by atoms with E-state index in [4.69, 9.17) is 0 Å². The van der Waals surface area contributed by atoms with Crippen LogP contribution < -0.4 is 10.6 Å². The van der Waals surface area contributed by atoms with Gasteiger partial charge >= 0.3 is 0 Å². The van der Waals surface area contributed by atoms with Gasteiger partial charge in [0.1, 0.15) is 0 Å². The molecule has 0 radical (unpaired) electrons. The maximum absolute atomic E-state index is 4.57. The van der Waals surface area contributed by atoms with Gasteiger partial charge in [-0.1, -0.05) is 42.8 Å². The van der Waals surface area contributed by atoms with Crippen LogP contribution in [0.1, 0.15) is 41.8 Å². The summed E-state index contributed by atoms with van der Waals surface area (Å²) in [6.07, 6.45) is 5.62. The number of aromatic nitrogens is 3. The van der Waals surface area contributed by atoms with E-state index in [1.807, 2.05) is 37.8 Å². The van der Waals surface area contributed by atoms with Crippen molar-refractivity contribution in [2.45, 2.75) is 45.1 Å². The molecule has 0 unspecified atom stereocenters. The molecule has 0 bridgehead atoms. The number of pyridine rings is 1. The average molecular weight is 403 g/mol. The molecule has 0 atom stereocenters. The first kappa shape index (κ1) is 20.1. The highest BCUT2D eigenvalue weighted by atomic mass is 15.3. The van der Waals surface area contributed by atoms with Gasteiger partial charge in [0.2, 0.25) is 0 Å². The quantitative estimate of drug-likeness (QED) is 0.488. The number of aryl methyl sites for hydroxylation is 2. The van der Waals surface area contributed by atoms with E-state index in [-0.39, 0.29) is 5.41 Å². The van der Waals surface area contributed by atoms with E-state index >= 15 is 0 Å². The molecule has 1 aliphatic carbocycles. The Kier molecular flexibility index (Phi) is 5.84. The van der Waals surface area contributed by atoms with Gasteiger partial charge in [0.15, 0.2) is 11.8 Å². The Hall–Kier alpha value is -3.15. The van der Waals surface area contributed by atoms with Crippen LogP contribution in [0.3, 0.4) is 0 Å². The molecule has 6 nitrogen and oxygen atoms in total. The van der Waals surface area contributed by atoms with Crippen molar-refractivity contribution in [2.24, 2.45) is 4.99 Å². The lowest BCUT2D eigenvalue weighted by Gasteiger charge is -2.43. The fourth-order valence-corrected chi connectivity index (χ4v) is 4.13. The highest BCUT2D eigenvalue weighted by Gasteiger charge is 2.38. The number of benzene rings is 1. The third-order valence-corrected chi connectivity index (χ3v) is 6.01. The van der Waals surface area contributed by atoms with Crippen molar-refractivity contribution in [3.63, 3.8) is 0 Å². The summed E-state index contributed by atoms with van der Waals surface area (Å²) >= 11 is 0. The van der Waals surface area contributed by atoms with Crippen molar-refractivity contribution in [3.8, 4) is 5.82 Å². The molecule has 0 saturated heterocycles. The third kappa shape index (κ3) is 4.22. The van der Waals surface area contributed by atoms with Crippen molar-refractivity contribution in [3.05, 3.63) is 77.2 Å². The van der Waals surface area contributed by atoms with Gasteiger partial charge in [-0.05, 0) is 49.9 Å². The summed E-state index contributed by atoms with van der Waals surface area (Å²) in [6.45, 7) is 5.59.